The number of nitrogens with zero attached hydrogens (tertiary/aromatic N) is 3. The Labute approximate surface area is 121 Å². The van der Waals surface area contributed by atoms with Crippen LogP contribution in [0.4, 0.5) is 0 Å². The van der Waals surface area contributed by atoms with Gasteiger partial charge in [-0.2, -0.15) is 0 Å². The molecule has 0 atom stereocenters. The number of aromatic nitrogens is 3. The number of aromatic carboxylic acids is 1. The molecule has 0 fully saturated rings. The van der Waals surface area contributed by atoms with Gasteiger partial charge in [0.05, 0.1) is 0 Å². The van der Waals surface area contributed by atoms with Crippen molar-refractivity contribution in [3.63, 3.8) is 0 Å². The first-order chi connectivity index (χ1) is 9.52. The Morgan fingerprint density at radius 1 is 1.50 bits per heavy atom. The maximum atomic E-state index is 11.2. The van der Waals surface area contributed by atoms with Crippen LogP contribution in [0.1, 0.15) is 39.5 Å². The summed E-state index contributed by atoms with van der Waals surface area (Å²) in [5.41, 5.74) is 0. The molecule has 0 spiro atoms. The van der Waals surface area contributed by atoms with Crippen molar-refractivity contribution >= 4 is 17.3 Å². The minimum absolute atomic E-state index is 0.208. The lowest BCUT2D eigenvalue weighted by atomic mass is 10.3. The summed E-state index contributed by atoms with van der Waals surface area (Å²) in [4.78, 5) is 12.5. The van der Waals surface area contributed by atoms with Crippen LogP contribution < -0.4 is 4.74 Å². The van der Waals surface area contributed by atoms with Crippen LogP contribution in [-0.4, -0.2) is 25.8 Å². The molecule has 2 rings (SSSR count). The van der Waals surface area contributed by atoms with Gasteiger partial charge in [0.15, 0.2) is 10.7 Å². The lowest BCUT2D eigenvalue weighted by Gasteiger charge is -2.05. The highest BCUT2D eigenvalue weighted by molar-refractivity contribution is 7.14. The number of hydrogen-bond acceptors (Lipinski definition) is 5. The Hall–Kier alpha value is -1.89. The second-order valence-electron chi connectivity index (χ2n) is 4.47. The summed E-state index contributed by atoms with van der Waals surface area (Å²) in [6.45, 7) is 4.12. The van der Waals surface area contributed by atoms with E-state index in [0.29, 0.717) is 11.6 Å². The first kappa shape index (κ1) is 14.5. The van der Waals surface area contributed by atoms with E-state index in [0.717, 1.165) is 23.5 Å². The highest BCUT2D eigenvalue weighted by Crippen LogP contribution is 2.30. The molecule has 108 valence electrons. The van der Waals surface area contributed by atoms with E-state index in [9.17, 15) is 9.90 Å². The first-order valence-corrected chi connectivity index (χ1v) is 7.18. The second kappa shape index (κ2) is 6.04. The second-order valence-corrected chi connectivity index (χ2v) is 5.61. The monoisotopic (exact) mass is 295 g/mol. The van der Waals surface area contributed by atoms with Crippen molar-refractivity contribution in [1.29, 1.82) is 0 Å². The Balaban J connectivity index is 2.15. The molecule has 0 aliphatic rings. The molecule has 20 heavy (non-hydrogen) atoms. The van der Waals surface area contributed by atoms with Gasteiger partial charge < -0.3 is 14.4 Å². The van der Waals surface area contributed by atoms with Crippen molar-refractivity contribution < 1.29 is 14.6 Å². The molecule has 0 amide bonds. The standard InChI is InChI=1S/C13H17N3O3S/c1-4-5-9-6-10(12(20-9)13(17)18)19-7-11-15-14-8(2)16(11)3/h6H,4-5,7H2,1-3H3,(H,17,18). The molecule has 0 aliphatic heterocycles. The van der Waals surface area contributed by atoms with Gasteiger partial charge >= 0.3 is 5.97 Å². The lowest BCUT2D eigenvalue weighted by Crippen LogP contribution is -2.05. The summed E-state index contributed by atoms with van der Waals surface area (Å²) in [6, 6.07) is 1.81. The van der Waals surface area contributed by atoms with Crippen molar-refractivity contribution in [3.8, 4) is 5.75 Å². The van der Waals surface area contributed by atoms with Crippen LogP contribution in [-0.2, 0) is 20.1 Å². The van der Waals surface area contributed by atoms with Crippen LogP contribution >= 0.6 is 11.3 Å². The summed E-state index contributed by atoms with van der Waals surface area (Å²) in [6.07, 6.45) is 1.83. The van der Waals surface area contributed by atoms with Gasteiger partial charge in [0.25, 0.3) is 0 Å². The smallest absolute Gasteiger partial charge is 0.349 e. The van der Waals surface area contributed by atoms with Gasteiger partial charge in [0, 0.05) is 11.9 Å². The number of aryl methyl sites for hydroxylation is 2. The average molecular weight is 295 g/mol. The minimum atomic E-state index is -0.957. The summed E-state index contributed by atoms with van der Waals surface area (Å²) < 4.78 is 7.43. The molecule has 0 bridgehead atoms. The van der Waals surface area contributed by atoms with E-state index < -0.39 is 5.97 Å². The van der Waals surface area contributed by atoms with Crippen LogP contribution in [0.2, 0.25) is 0 Å². The van der Waals surface area contributed by atoms with E-state index >= 15 is 0 Å². The Morgan fingerprint density at radius 3 is 2.80 bits per heavy atom. The molecule has 6 nitrogen and oxygen atoms in total. The Morgan fingerprint density at radius 2 is 2.25 bits per heavy atom. The van der Waals surface area contributed by atoms with Crippen molar-refractivity contribution in [2.75, 3.05) is 0 Å². The molecule has 0 radical (unpaired) electrons. The summed E-state index contributed by atoms with van der Waals surface area (Å²) >= 11 is 1.27. The van der Waals surface area contributed by atoms with Crippen molar-refractivity contribution in [2.24, 2.45) is 7.05 Å². The van der Waals surface area contributed by atoms with Crippen molar-refractivity contribution in [1.82, 2.24) is 14.8 Å². The maximum absolute atomic E-state index is 11.2. The molecule has 0 saturated carbocycles. The van der Waals surface area contributed by atoms with Crippen LogP contribution in [0.3, 0.4) is 0 Å². The fourth-order valence-electron chi connectivity index (χ4n) is 1.77. The molecule has 1 N–H and O–H groups in total. The summed E-state index contributed by atoms with van der Waals surface area (Å²) in [7, 11) is 1.85. The zero-order chi connectivity index (χ0) is 14.7. The average Bonchev–Trinajstić information content (AvgIpc) is 2.94. The fraction of sp³-hybridized carbons (Fsp3) is 0.462. The molecule has 0 saturated heterocycles. The highest BCUT2D eigenvalue weighted by atomic mass is 32.1. The normalized spacial score (nSPS) is 10.8. The van der Waals surface area contributed by atoms with Crippen LogP contribution in [0.15, 0.2) is 6.07 Å². The van der Waals surface area contributed by atoms with Gasteiger partial charge in [0.2, 0.25) is 0 Å². The topological polar surface area (TPSA) is 77.2 Å². The Bertz CT molecular complexity index is 618. The van der Waals surface area contributed by atoms with Gasteiger partial charge in [-0.05, 0) is 19.4 Å². The third-order valence-corrected chi connectivity index (χ3v) is 4.14. The number of carboxylic acid groups (broad SMARTS) is 1. The molecule has 0 aliphatic carbocycles. The van der Waals surface area contributed by atoms with Crippen LogP contribution in [0.25, 0.3) is 0 Å². The molecular formula is C13H17N3O3S. The molecule has 0 unspecified atom stereocenters. The van der Waals surface area contributed by atoms with Gasteiger partial charge in [-0.15, -0.1) is 21.5 Å². The third kappa shape index (κ3) is 2.98. The van der Waals surface area contributed by atoms with E-state index in [1.165, 1.54) is 11.3 Å². The zero-order valence-electron chi connectivity index (χ0n) is 11.7. The SMILES string of the molecule is CCCc1cc(OCc2nnc(C)n2C)c(C(=O)O)s1. The van der Waals surface area contributed by atoms with Crippen molar-refractivity contribution in [2.45, 2.75) is 33.3 Å². The number of rotatable bonds is 6. The van der Waals surface area contributed by atoms with E-state index in [1.807, 2.05) is 18.5 Å². The number of carboxylic acids is 1. The maximum Gasteiger partial charge on any atom is 0.349 e. The molecule has 2 heterocycles. The summed E-state index contributed by atoms with van der Waals surface area (Å²) in [5.74, 6) is 0.911. The number of ether oxygens (including phenoxy) is 1. The summed E-state index contributed by atoms with van der Waals surface area (Å²) in [5, 5.41) is 17.1. The fourth-order valence-corrected chi connectivity index (χ4v) is 2.81. The van der Waals surface area contributed by atoms with Crippen LogP contribution in [0.5, 0.6) is 5.75 Å². The highest BCUT2D eigenvalue weighted by Gasteiger charge is 2.17. The molecular weight excluding hydrogens is 278 g/mol. The molecule has 2 aromatic heterocycles. The molecule has 7 heteroatoms. The predicted octanol–water partition coefficient (Wildman–Crippen LogP) is 2.41. The number of carbonyl (C=O) groups is 1. The van der Waals surface area contributed by atoms with E-state index in [2.05, 4.69) is 17.1 Å². The zero-order valence-corrected chi connectivity index (χ0v) is 12.5. The van der Waals surface area contributed by atoms with Gasteiger partial charge in [-0.1, -0.05) is 13.3 Å². The Kier molecular flexibility index (Phi) is 4.39. The third-order valence-electron chi connectivity index (χ3n) is 2.98. The largest absolute Gasteiger partial charge is 0.484 e. The molecule has 0 aromatic carbocycles. The van der Waals surface area contributed by atoms with Crippen LogP contribution in [0, 0.1) is 6.92 Å². The quantitative estimate of drug-likeness (QED) is 0.885. The van der Waals surface area contributed by atoms with Gasteiger partial charge in [-0.25, -0.2) is 4.79 Å². The van der Waals surface area contributed by atoms with E-state index in [-0.39, 0.29) is 11.5 Å². The minimum Gasteiger partial charge on any atom is -0.484 e. The first-order valence-electron chi connectivity index (χ1n) is 6.36. The van der Waals surface area contributed by atoms with Gasteiger partial charge in [0.1, 0.15) is 18.2 Å². The lowest BCUT2D eigenvalue weighted by molar-refractivity contribution is 0.0697. The van der Waals surface area contributed by atoms with Gasteiger partial charge in [-0.3, -0.25) is 0 Å². The predicted molar refractivity (Wildman–Crippen MR) is 75.3 cm³/mol. The van der Waals surface area contributed by atoms with Crippen molar-refractivity contribution in [3.05, 3.63) is 27.5 Å². The van der Waals surface area contributed by atoms with E-state index in [1.54, 1.807) is 6.07 Å². The van der Waals surface area contributed by atoms with E-state index in [4.69, 9.17) is 4.74 Å². The molecule has 2 aromatic rings. The number of thiophene rings is 1. The number of hydrogen-bond donors (Lipinski definition) is 1.